The standard InChI is InChI=1S/C22H19F2N5OS/c1-21(18-10-22(18,19(30)27-3)31-20(25)29-21)14-8-12(4-6-15(14)23)9-16(24)17-7-5-13(26-2)11-28-17/h4-9,11,18H,10H2,1,3H3,(H2,25,29)(H,27,30)/b16-9-/t18-,21+,22-/m0/s1. The molecule has 1 aromatic heterocycles. The fraction of sp³-hybridized carbons (Fsp3) is 0.273. The third-order valence-electron chi connectivity index (χ3n) is 5.78. The van der Waals surface area contributed by atoms with Crippen LogP contribution in [-0.2, 0) is 10.3 Å². The molecule has 6 nitrogen and oxygen atoms in total. The Morgan fingerprint density at radius 3 is 2.84 bits per heavy atom. The first-order chi connectivity index (χ1) is 14.7. The van der Waals surface area contributed by atoms with E-state index in [1.165, 1.54) is 54.4 Å². The van der Waals surface area contributed by atoms with Gasteiger partial charge in [0.25, 0.3) is 0 Å². The van der Waals surface area contributed by atoms with E-state index in [0.29, 0.717) is 17.7 Å². The Hall–Kier alpha value is -3.25. The second kappa shape index (κ2) is 7.46. The van der Waals surface area contributed by atoms with Crippen LogP contribution in [0.3, 0.4) is 0 Å². The first kappa shape index (κ1) is 21.0. The van der Waals surface area contributed by atoms with Crippen LogP contribution in [0.15, 0.2) is 41.5 Å². The number of nitrogens with one attached hydrogen (secondary N) is 1. The monoisotopic (exact) mass is 439 g/mol. The van der Waals surface area contributed by atoms with E-state index in [0.717, 1.165) is 0 Å². The molecule has 1 saturated carbocycles. The van der Waals surface area contributed by atoms with Gasteiger partial charge in [0.2, 0.25) is 11.6 Å². The van der Waals surface area contributed by atoms with Gasteiger partial charge >= 0.3 is 0 Å². The number of nitrogens with zero attached hydrogens (tertiary/aromatic N) is 3. The van der Waals surface area contributed by atoms with Gasteiger partial charge in [-0.15, -0.1) is 0 Å². The third kappa shape index (κ3) is 3.47. The summed E-state index contributed by atoms with van der Waals surface area (Å²) in [6, 6.07) is 7.13. The Bertz CT molecular complexity index is 1170. The number of aromatic nitrogens is 1. The Morgan fingerprint density at radius 2 is 2.19 bits per heavy atom. The maximum absolute atomic E-state index is 14.9. The summed E-state index contributed by atoms with van der Waals surface area (Å²) >= 11 is 1.21. The van der Waals surface area contributed by atoms with Crippen LogP contribution < -0.4 is 11.1 Å². The smallest absolute Gasteiger partial charge is 0.236 e. The average Bonchev–Trinajstić information content (AvgIpc) is 3.51. The van der Waals surface area contributed by atoms with Crippen LogP contribution in [-0.4, -0.2) is 27.9 Å². The predicted octanol–water partition coefficient (Wildman–Crippen LogP) is 4.02. The second-order valence-corrected chi connectivity index (χ2v) is 9.02. The molecule has 3 N–H and O–H groups in total. The van der Waals surface area contributed by atoms with Crippen molar-refractivity contribution in [2.75, 3.05) is 7.05 Å². The second-order valence-electron chi connectivity index (χ2n) is 7.67. The lowest BCUT2D eigenvalue weighted by atomic mass is 9.84. The van der Waals surface area contributed by atoms with Gasteiger partial charge in [0, 0.05) is 24.7 Å². The molecule has 2 heterocycles. The molecule has 1 fully saturated rings. The van der Waals surface area contributed by atoms with Crippen molar-refractivity contribution in [3.63, 3.8) is 0 Å². The lowest BCUT2D eigenvalue weighted by molar-refractivity contribution is -0.121. The number of amides is 1. The van der Waals surface area contributed by atoms with Crippen molar-refractivity contribution in [3.05, 3.63) is 70.6 Å². The highest BCUT2D eigenvalue weighted by Crippen LogP contribution is 2.66. The van der Waals surface area contributed by atoms with Crippen LogP contribution in [0.1, 0.15) is 30.2 Å². The van der Waals surface area contributed by atoms with Crippen molar-refractivity contribution in [1.29, 1.82) is 0 Å². The number of aliphatic imine (C=N–C) groups is 1. The Labute approximate surface area is 182 Å². The van der Waals surface area contributed by atoms with Crippen LogP contribution in [0.2, 0.25) is 0 Å². The van der Waals surface area contributed by atoms with Crippen LogP contribution in [0.5, 0.6) is 0 Å². The lowest BCUT2D eigenvalue weighted by Crippen LogP contribution is -2.43. The van der Waals surface area contributed by atoms with E-state index in [9.17, 15) is 13.6 Å². The quantitative estimate of drug-likeness (QED) is 0.705. The summed E-state index contributed by atoms with van der Waals surface area (Å²) in [5.74, 6) is -1.52. The summed E-state index contributed by atoms with van der Waals surface area (Å²) in [6.07, 6.45) is 3.05. The molecule has 1 aliphatic heterocycles. The first-order valence-corrected chi connectivity index (χ1v) is 10.3. The number of rotatable bonds is 4. The van der Waals surface area contributed by atoms with Crippen molar-refractivity contribution in [2.45, 2.75) is 23.6 Å². The zero-order chi connectivity index (χ0) is 22.4. The summed E-state index contributed by atoms with van der Waals surface area (Å²) in [5.41, 5.74) is 6.02. The molecule has 31 heavy (non-hydrogen) atoms. The molecule has 0 saturated heterocycles. The van der Waals surface area contributed by atoms with Crippen LogP contribution in [0.4, 0.5) is 14.5 Å². The van der Waals surface area contributed by atoms with E-state index in [1.807, 2.05) is 0 Å². The number of carbonyl (C=O) groups excluding carboxylic acids is 1. The van der Waals surface area contributed by atoms with E-state index in [2.05, 4.69) is 20.1 Å². The van der Waals surface area contributed by atoms with E-state index in [1.54, 1.807) is 14.0 Å². The topological polar surface area (TPSA) is 84.7 Å². The molecule has 0 radical (unpaired) electrons. The molecule has 158 valence electrons. The number of thioether (sulfide) groups is 1. The summed E-state index contributed by atoms with van der Waals surface area (Å²) in [4.78, 5) is 24.2. The van der Waals surface area contributed by atoms with Crippen molar-refractivity contribution < 1.29 is 13.6 Å². The molecule has 0 spiro atoms. The molecular formula is C22H19F2N5OS. The number of hydrogen-bond donors (Lipinski definition) is 2. The zero-order valence-corrected chi connectivity index (χ0v) is 17.6. The number of benzene rings is 1. The molecule has 1 aliphatic carbocycles. The highest BCUT2D eigenvalue weighted by molar-refractivity contribution is 8.15. The van der Waals surface area contributed by atoms with E-state index in [4.69, 9.17) is 12.3 Å². The van der Waals surface area contributed by atoms with Gasteiger partial charge < -0.3 is 11.1 Å². The maximum Gasteiger partial charge on any atom is 0.236 e. The molecule has 0 bridgehead atoms. The van der Waals surface area contributed by atoms with Gasteiger partial charge in [-0.1, -0.05) is 23.9 Å². The van der Waals surface area contributed by atoms with Crippen LogP contribution >= 0.6 is 11.8 Å². The highest BCUT2D eigenvalue weighted by atomic mass is 32.2. The largest absolute Gasteiger partial charge is 0.378 e. The molecule has 1 amide bonds. The molecule has 4 rings (SSSR count). The van der Waals surface area contributed by atoms with Crippen molar-refractivity contribution >= 4 is 40.4 Å². The Morgan fingerprint density at radius 1 is 1.42 bits per heavy atom. The van der Waals surface area contributed by atoms with Gasteiger partial charge in [-0.25, -0.2) is 13.6 Å². The SMILES string of the molecule is [C-]#[N+]c1ccc(/C(F)=C/c2ccc(F)c([C@@]3(C)N=C(N)S[C@@]4(C(=O)NC)C[C@H]43)c2)nc1. The molecular weight excluding hydrogens is 420 g/mol. The molecule has 2 aliphatic rings. The van der Waals surface area contributed by atoms with Gasteiger partial charge in [0.05, 0.1) is 17.8 Å². The van der Waals surface area contributed by atoms with Crippen LogP contribution in [0, 0.1) is 18.3 Å². The molecule has 9 heteroatoms. The number of hydrogen-bond acceptors (Lipinski definition) is 5. The zero-order valence-electron chi connectivity index (χ0n) is 16.8. The number of carbonyl (C=O) groups is 1. The fourth-order valence-electron chi connectivity index (χ4n) is 4.12. The summed E-state index contributed by atoms with van der Waals surface area (Å²) < 4.78 is 28.8. The van der Waals surface area contributed by atoms with Crippen molar-refractivity contribution in [1.82, 2.24) is 10.3 Å². The third-order valence-corrected chi connectivity index (χ3v) is 7.08. The van der Waals surface area contributed by atoms with E-state index >= 15 is 0 Å². The molecule has 2 aromatic rings. The van der Waals surface area contributed by atoms with Crippen molar-refractivity contribution in [2.24, 2.45) is 16.6 Å². The maximum atomic E-state index is 14.9. The number of fused-ring (bicyclic) bond motifs is 1. The number of pyridine rings is 1. The minimum absolute atomic E-state index is 0.0710. The average molecular weight is 439 g/mol. The van der Waals surface area contributed by atoms with Crippen molar-refractivity contribution in [3.8, 4) is 0 Å². The number of nitrogens with two attached hydrogens (primary N) is 1. The van der Waals surface area contributed by atoms with Crippen LogP contribution in [0.25, 0.3) is 16.7 Å². The summed E-state index contributed by atoms with van der Waals surface area (Å²) in [5, 5.41) is 2.87. The van der Waals surface area contributed by atoms with Gasteiger partial charge in [0.15, 0.2) is 5.17 Å². The van der Waals surface area contributed by atoms with E-state index in [-0.39, 0.29) is 28.3 Å². The number of halogens is 2. The fourth-order valence-corrected chi connectivity index (χ4v) is 5.54. The molecule has 3 atom stereocenters. The molecule has 0 unspecified atom stereocenters. The minimum Gasteiger partial charge on any atom is -0.378 e. The van der Waals surface area contributed by atoms with Gasteiger partial charge in [-0.2, -0.15) is 0 Å². The molecule has 1 aromatic carbocycles. The lowest BCUT2D eigenvalue weighted by Gasteiger charge is -2.33. The Kier molecular flexibility index (Phi) is 5.06. The van der Waals surface area contributed by atoms with E-state index < -0.39 is 21.9 Å². The Balaban J connectivity index is 1.72. The minimum atomic E-state index is -1.05. The van der Waals surface area contributed by atoms with Gasteiger partial charge in [-0.3, -0.25) is 14.8 Å². The van der Waals surface area contributed by atoms with Gasteiger partial charge in [-0.05, 0) is 43.2 Å². The normalized spacial score (nSPS) is 27.0. The highest BCUT2D eigenvalue weighted by Gasteiger charge is 2.70. The summed E-state index contributed by atoms with van der Waals surface area (Å²) in [7, 11) is 1.56. The predicted molar refractivity (Wildman–Crippen MR) is 117 cm³/mol. The van der Waals surface area contributed by atoms with Gasteiger partial charge in [0.1, 0.15) is 16.4 Å². The number of amidine groups is 1. The first-order valence-electron chi connectivity index (χ1n) is 9.51. The summed E-state index contributed by atoms with van der Waals surface area (Å²) in [6.45, 7) is 8.69.